The highest BCUT2D eigenvalue weighted by Crippen LogP contribution is 2.14. The molecule has 1 N–H and O–H groups in total. The van der Waals surface area contributed by atoms with Gasteiger partial charge in [-0.3, -0.25) is 0 Å². The average molecular weight is 181 g/mol. The van der Waals surface area contributed by atoms with Crippen LogP contribution in [0, 0.1) is 0 Å². The van der Waals surface area contributed by atoms with E-state index in [0.717, 1.165) is 11.8 Å². The van der Waals surface area contributed by atoms with Crippen molar-refractivity contribution in [2.75, 3.05) is 11.9 Å². The van der Waals surface area contributed by atoms with Crippen LogP contribution in [0.15, 0.2) is 0 Å². The van der Waals surface area contributed by atoms with E-state index in [2.05, 4.69) is 15.9 Å². The number of rotatable bonds is 1. The zero-order valence-electron chi connectivity index (χ0n) is 4.51. The molecule has 0 spiro atoms. The summed E-state index contributed by atoms with van der Waals surface area (Å²) in [5.41, 5.74) is 0. The van der Waals surface area contributed by atoms with Crippen LogP contribution in [0.2, 0.25) is 0 Å². The Bertz CT molecular complexity index is 76.8. The molecule has 1 aliphatic heterocycles. The van der Waals surface area contributed by atoms with Gasteiger partial charge in [0.05, 0.1) is 18.8 Å². The molecule has 1 heterocycles. The summed E-state index contributed by atoms with van der Waals surface area (Å²) < 4.78 is 5.12. The lowest BCUT2D eigenvalue weighted by Gasteiger charge is -2.00. The smallest absolute Gasteiger partial charge is 0.0798 e. The van der Waals surface area contributed by atoms with Crippen LogP contribution in [0.5, 0.6) is 0 Å². The lowest BCUT2D eigenvalue weighted by atomic mass is 10.2. The Morgan fingerprint density at radius 2 is 2.50 bits per heavy atom. The summed E-state index contributed by atoms with van der Waals surface area (Å²) in [5, 5.41) is 9.72. The lowest BCUT2D eigenvalue weighted by Crippen LogP contribution is -2.06. The van der Waals surface area contributed by atoms with Crippen molar-refractivity contribution < 1.29 is 9.84 Å². The quantitative estimate of drug-likeness (QED) is 0.598. The second kappa shape index (κ2) is 2.80. The van der Waals surface area contributed by atoms with Gasteiger partial charge in [-0.25, -0.2) is 0 Å². The topological polar surface area (TPSA) is 29.5 Å². The van der Waals surface area contributed by atoms with Crippen molar-refractivity contribution in [3.63, 3.8) is 0 Å². The van der Waals surface area contributed by atoms with E-state index in [0.29, 0.717) is 6.61 Å². The van der Waals surface area contributed by atoms with E-state index in [-0.39, 0.29) is 12.2 Å². The standard InChI is InChI=1S/C5H9BrO2/c6-2-5-1-4(7)3-8-5/h4-5,7H,1-3H2. The summed E-state index contributed by atoms with van der Waals surface area (Å²) in [5.74, 6) is 0. The summed E-state index contributed by atoms with van der Waals surface area (Å²) in [4.78, 5) is 0. The fourth-order valence-corrected chi connectivity index (χ4v) is 1.25. The zero-order chi connectivity index (χ0) is 5.98. The Hall–Kier alpha value is 0.400. The number of aliphatic hydroxyl groups excluding tert-OH is 1. The van der Waals surface area contributed by atoms with Gasteiger partial charge in [0.15, 0.2) is 0 Å². The first-order valence-electron chi connectivity index (χ1n) is 2.68. The van der Waals surface area contributed by atoms with Crippen molar-refractivity contribution in [1.82, 2.24) is 0 Å². The average Bonchev–Trinajstić information content (AvgIpc) is 2.14. The summed E-state index contributed by atoms with van der Waals surface area (Å²) in [6, 6.07) is 0. The number of halogens is 1. The summed E-state index contributed by atoms with van der Waals surface area (Å²) in [6.45, 7) is 0.510. The maximum atomic E-state index is 8.88. The Morgan fingerprint density at radius 3 is 2.75 bits per heavy atom. The molecule has 0 radical (unpaired) electrons. The van der Waals surface area contributed by atoms with E-state index < -0.39 is 0 Å². The van der Waals surface area contributed by atoms with E-state index in [1.165, 1.54) is 0 Å². The molecule has 0 saturated carbocycles. The minimum absolute atomic E-state index is 0.224. The molecule has 8 heavy (non-hydrogen) atoms. The van der Waals surface area contributed by atoms with Crippen LogP contribution in [0.1, 0.15) is 6.42 Å². The van der Waals surface area contributed by atoms with Gasteiger partial charge in [0.2, 0.25) is 0 Å². The monoisotopic (exact) mass is 180 g/mol. The molecule has 2 nitrogen and oxygen atoms in total. The van der Waals surface area contributed by atoms with E-state index in [9.17, 15) is 0 Å². The highest BCUT2D eigenvalue weighted by atomic mass is 79.9. The lowest BCUT2D eigenvalue weighted by molar-refractivity contribution is 0.0995. The second-order valence-corrected chi connectivity index (χ2v) is 2.65. The van der Waals surface area contributed by atoms with Gasteiger partial charge in [-0.05, 0) is 0 Å². The highest BCUT2D eigenvalue weighted by Gasteiger charge is 2.21. The van der Waals surface area contributed by atoms with Gasteiger partial charge in [0.1, 0.15) is 0 Å². The third kappa shape index (κ3) is 1.44. The van der Waals surface area contributed by atoms with Crippen LogP contribution in [0.3, 0.4) is 0 Å². The van der Waals surface area contributed by atoms with Crippen molar-refractivity contribution in [1.29, 1.82) is 0 Å². The summed E-state index contributed by atoms with van der Waals surface area (Å²) in [6.07, 6.45) is 0.799. The fraction of sp³-hybridized carbons (Fsp3) is 1.00. The molecule has 0 amide bonds. The summed E-state index contributed by atoms with van der Waals surface area (Å²) >= 11 is 3.27. The van der Waals surface area contributed by atoms with Crippen molar-refractivity contribution in [3.8, 4) is 0 Å². The Kier molecular flexibility index (Phi) is 2.28. The van der Waals surface area contributed by atoms with Crippen molar-refractivity contribution >= 4 is 15.9 Å². The van der Waals surface area contributed by atoms with Gasteiger partial charge in [0.25, 0.3) is 0 Å². The SMILES string of the molecule is OC1COC(CBr)C1. The molecule has 2 atom stereocenters. The highest BCUT2D eigenvalue weighted by molar-refractivity contribution is 9.09. The Morgan fingerprint density at radius 1 is 1.75 bits per heavy atom. The molecule has 0 aromatic carbocycles. The van der Waals surface area contributed by atoms with Crippen molar-refractivity contribution in [2.45, 2.75) is 18.6 Å². The Balaban J connectivity index is 2.22. The minimum atomic E-state index is -0.224. The third-order valence-corrected chi connectivity index (χ3v) is 1.95. The molecule has 0 aliphatic carbocycles. The first-order chi connectivity index (χ1) is 3.83. The van der Waals surface area contributed by atoms with Gasteiger partial charge in [-0.2, -0.15) is 0 Å². The predicted octanol–water partition coefficient (Wildman–Crippen LogP) is 0.531. The van der Waals surface area contributed by atoms with Gasteiger partial charge in [0, 0.05) is 11.8 Å². The van der Waals surface area contributed by atoms with E-state index in [4.69, 9.17) is 9.84 Å². The van der Waals surface area contributed by atoms with E-state index in [1.54, 1.807) is 0 Å². The maximum Gasteiger partial charge on any atom is 0.0798 e. The number of hydrogen-bond donors (Lipinski definition) is 1. The fourth-order valence-electron chi connectivity index (χ4n) is 0.794. The molecule has 0 aromatic rings. The molecule has 1 saturated heterocycles. The zero-order valence-corrected chi connectivity index (χ0v) is 6.10. The van der Waals surface area contributed by atoms with Crippen molar-refractivity contribution in [2.24, 2.45) is 0 Å². The van der Waals surface area contributed by atoms with Crippen molar-refractivity contribution in [3.05, 3.63) is 0 Å². The van der Waals surface area contributed by atoms with E-state index in [1.807, 2.05) is 0 Å². The molecule has 1 rings (SSSR count). The van der Waals surface area contributed by atoms with Gasteiger partial charge >= 0.3 is 0 Å². The molecule has 1 fully saturated rings. The molecular weight excluding hydrogens is 172 g/mol. The number of aliphatic hydroxyl groups is 1. The minimum Gasteiger partial charge on any atom is -0.391 e. The largest absolute Gasteiger partial charge is 0.391 e. The molecular formula is C5H9BrO2. The molecule has 0 bridgehead atoms. The third-order valence-electron chi connectivity index (χ3n) is 1.23. The van der Waals surface area contributed by atoms with Gasteiger partial charge in [-0.15, -0.1) is 0 Å². The van der Waals surface area contributed by atoms with Crippen LogP contribution in [-0.4, -0.2) is 29.3 Å². The molecule has 2 unspecified atom stereocenters. The van der Waals surface area contributed by atoms with Crippen LogP contribution in [0.25, 0.3) is 0 Å². The number of ether oxygens (including phenoxy) is 1. The first-order valence-corrected chi connectivity index (χ1v) is 3.80. The van der Waals surface area contributed by atoms with Crippen LogP contribution in [-0.2, 0) is 4.74 Å². The Labute approximate surface area is 57.0 Å². The van der Waals surface area contributed by atoms with E-state index >= 15 is 0 Å². The van der Waals surface area contributed by atoms with Gasteiger partial charge < -0.3 is 9.84 Å². The number of alkyl halides is 1. The normalized spacial score (nSPS) is 38.2. The van der Waals surface area contributed by atoms with Crippen LogP contribution < -0.4 is 0 Å². The molecule has 0 aromatic heterocycles. The maximum absolute atomic E-state index is 8.88. The van der Waals surface area contributed by atoms with Gasteiger partial charge in [-0.1, -0.05) is 15.9 Å². The first kappa shape index (κ1) is 6.52. The second-order valence-electron chi connectivity index (χ2n) is 2.00. The molecule has 48 valence electrons. The molecule has 1 aliphatic rings. The molecule has 3 heteroatoms. The van der Waals surface area contributed by atoms with Crippen LogP contribution >= 0.6 is 15.9 Å². The number of hydrogen-bond acceptors (Lipinski definition) is 2. The predicted molar refractivity (Wildman–Crippen MR) is 34.2 cm³/mol. The summed E-state index contributed by atoms with van der Waals surface area (Å²) in [7, 11) is 0. The van der Waals surface area contributed by atoms with Crippen LogP contribution in [0.4, 0.5) is 0 Å².